The van der Waals surface area contributed by atoms with E-state index in [1.807, 2.05) is 48.5 Å². The van der Waals surface area contributed by atoms with Crippen molar-refractivity contribution < 1.29 is 99.3 Å². The number of pyridine rings is 4. The van der Waals surface area contributed by atoms with E-state index in [0.717, 1.165) is 80.1 Å². The molecule has 0 radical (unpaired) electrons. The molecular formula is C68H76N4O12Zn2. The SMILES string of the molecule is CC(C)(C)c1ccc(C(=O)[O-])cc1.CC(C)(C)c1ccc(C(=O)[O-])cc1.CC(C)(C)c1ccc([O+]([O-])[O-])cc1.CC(C)(C)c1ccc([O+]([O-])[O-])cc1.CO.CO.[Zn+2].[Zn+2].c1cnc2c(c1)ccc1cccnc12.c1cnc2c(c1)ccc1cccnc12. The van der Waals surface area contributed by atoms with Crippen molar-refractivity contribution in [3.05, 3.63) is 228 Å². The normalized spacial score (nSPS) is 10.6. The van der Waals surface area contributed by atoms with Crippen molar-refractivity contribution in [1.29, 1.82) is 0 Å². The van der Waals surface area contributed by atoms with Crippen LogP contribution in [0, 0.1) is 0 Å². The first-order chi connectivity index (χ1) is 39.5. The largest absolute Gasteiger partial charge is 2.00 e. The molecule has 444 valence electrons. The second kappa shape index (κ2) is 35.8. The van der Waals surface area contributed by atoms with Crippen molar-refractivity contribution in [2.75, 3.05) is 14.2 Å². The molecule has 0 saturated heterocycles. The van der Waals surface area contributed by atoms with Crippen molar-refractivity contribution in [3.8, 4) is 11.5 Å². The first-order valence-corrected chi connectivity index (χ1v) is 26.6. The minimum absolute atomic E-state index is 0. The van der Waals surface area contributed by atoms with E-state index in [-0.39, 0.29) is 83.2 Å². The van der Waals surface area contributed by atoms with Crippen molar-refractivity contribution in [2.45, 2.75) is 105 Å². The van der Waals surface area contributed by atoms with Gasteiger partial charge in [-0.15, -0.1) is 0 Å². The number of hydrogen-bond acceptors (Lipinski definition) is 14. The van der Waals surface area contributed by atoms with Gasteiger partial charge < -0.3 is 60.4 Å². The van der Waals surface area contributed by atoms with Gasteiger partial charge in [-0.3, -0.25) is 19.9 Å². The number of aliphatic hydroxyl groups excluding tert-OH is 2. The zero-order chi connectivity index (χ0) is 63.0. The van der Waals surface area contributed by atoms with E-state index < -0.39 is 11.9 Å². The summed E-state index contributed by atoms with van der Waals surface area (Å²) in [6.07, 6.45) is 7.21. The Labute approximate surface area is 530 Å². The number of carboxylic acids is 2. The Kier molecular flexibility index (Phi) is 31.9. The van der Waals surface area contributed by atoms with Crippen LogP contribution >= 0.6 is 0 Å². The van der Waals surface area contributed by atoms with Gasteiger partial charge in [0.1, 0.15) is 0 Å². The van der Waals surface area contributed by atoms with Gasteiger partial charge in [-0.2, -0.15) is 0 Å². The molecule has 86 heavy (non-hydrogen) atoms. The van der Waals surface area contributed by atoms with E-state index in [4.69, 9.17) is 10.2 Å². The first kappa shape index (κ1) is 76.5. The molecule has 4 heterocycles. The number of benzene rings is 6. The van der Waals surface area contributed by atoms with Gasteiger partial charge in [0.05, 0.1) is 34.0 Å². The smallest absolute Gasteiger partial charge is 0.559 e. The van der Waals surface area contributed by atoms with E-state index >= 15 is 0 Å². The van der Waals surface area contributed by atoms with Crippen LogP contribution in [0.3, 0.4) is 0 Å². The molecule has 0 spiro atoms. The van der Waals surface area contributed by atoms with Crippen LogP contribution in [-0.4, -0.2) is 56.3 Å². The summed E-state index contributed by atoms with van der Waals surface area (Å²) < 4.78 is 0.719. The van der Waals surface area contributed by atoms with Gasteiger partial charge >= 0.3 is 39.0 Å². The molecule has 16 nitrogen and oxygen atoms in total. The molecule has 6 aromatic carbocycles. The number of aromatic carboxylic acids is 2. The minimum Gasteiger partial charge on any atom is -0.559 e. The second-order valence-electron chi connectivity index (χ2n) is 22.7. The molecule has 4 aromatic heterocycles. The van der Waals surface area contributed by atoms with Crippen LogP contribution in [0.2, 0.25) is 0 Å². The van der Waals surface area contributed by atoms with Gasteiger partial charge in [0.25, 0.3) is 11.5 Å². The predicted molar refractivity (Wildman–Crippen MR) is 321 cm³/mol. The number of aliphatic hydroxyl groups is 2. The minimum atomic E-state index is -1.12. The quantitative estimate of drug-likeness (QED) is 0.0547. The monoisotopic (exact) mass is 1270 g/mol. The maximum atomic E-state index is 10.5. The summed E-state index contributed by atoms with van der Waals surface area (Å²) in [6.45, 7) is 24.9. The molecule has 0 saturated carbocycles. The zero-order valence-electron chi connectivity index (χ0n) is 51.7. The van der Waals surface area contributed by atoms with E-state index in [9.17, 15) is 40.8 Å². The maximum absolute atomic E-state index is 10.5. The van der Waals surface area contributed by atoms with E-state index in [1.54, 1.807) is 73.3 Å². The molecule has 0 fully saturated rings. The van der Waals surface area contributed by atoms with Crippen molar-refractivity contribution in [3.63, 3.8) is 0 Å². The summed E-state index contributed by atoms with van der Waals surface area (Å²) in [7, 11) is 2.00. The molecule has 0 aliphatic rings. The molecule has 2 N–H and O–H groups in total. The van der Waals surface area contributed by atoms with E-state index in [0.29, 0.717) is 9.34 Å². The molecule has 0 unspecified atom stereocenters. The Morgan fingerprint density at radius 3 is 0.674 bits per heavy atom. The Hall–Kier alpha value is -7.49. The Balaban J connectivity index is 0.000000508. The topological polar surface area (TPSA) is 270 Å². The second-order valence-corrected chi connectivity index (χ2v) is 22.7. The van der Waals surface area contributed by atoms with E-state index in [1.165, 1.54) is 24.3 Å². The molecule has 0 amide bonds. The number of aromatic nitrogens is 4. The molecule has 0 atom stereocenters. The average Bonchev–Trinajstić information content (AvgIpc) is 2.01. The van der Waals surface area contributed by atoms with Crippen LogP contribution in [0.25, 0.3) is 43.6 Å². The van der Waals surface area contributed by atoms with Crippen molar-refractivity contribution in [2.24, 2.45) is 0 Å². The van der Waals surface area contributed by atoms with Gasteiger partial charge in [0, 0.05) is 84.8 Å². The number of rotatable bonds is 4. The zero-order valence-corrected chi connectivity index (χ0v) is 57.6. The summed E-state index contributed by atoms with van der Waals surface area (Å²) >= 11 is 0. The fourth-order valence-corrected chi connectivity index (χ4v) is 7.70. The standard InChI is InChI=1S/2C12H8N2.2C11H14O2.2C10H13O3.2CH4O.2Zn/c2*1-3-9-5-6-10-4-2-8-14-12(10)11(9)13-7-1;2*1-11(2,3)9-6-4-8(5-7-9)10(12)13;2*1-10(2,3)8-4-6-9(7-5-8)13(11)12;2*1-2;;/h2*1-8H;2*4-7H,1-3H3,(H,12,13);2*4-7H,1-3H3;2*2H,1H3;;/q;;;;2*-1;;;2*+2/p-2. The molecule has 0 bridgehead atoms. The van der Waals surface area contributed by atoms with Crippen LogP contribution in [-0.2, 0) is 70.0 Å². The Morgan fingerprint density at radius 2 is 0.512 bits per heavy atom. The summed E-state index contributed by atoms with van der Waals surface area (Å²) in [5.41, 5.74) is 9.01. The molecule has 10 rings (SSSR count). The molecule has 0 aliphatic heterocycles. The fraction of sp³-hybridized carbons (Fsp3) is 0.265. The Bertz CT molecular complexity index is 3250. The Morgan fingerprint density at radius 1 is 0.326 bits per heavy atom. The fourth-order valence-electron chi connectivity index (χ4n) is 7.70. The maximum Gasteiger partial charge on any atom is 2.00 e. The third kappa shape index (κ3) is 24.1. The van der Waals surface area contributed by atoms with Crippen molar-refractivity contribution >= 4 is 55.6 Å². The molecular weight excluding hydrogens is 1200 g/mol. The number of hydrogen-bond donors (Lipinski definition) is 2. The van der Waals surface area contributed by atoms with Crippen LogP contribution in [0.4, 0.5) is 0 Å². The van der Waals surface area contributed by atoms with Gasteiger partial charge in [-0.25, -0.2) is 0 Å². The van der Waals surface area contributed by atoms with Crippen molar-refractivity contribution in [1.82, 2.24) is 19.9 Å². The summed E-state index contributed by atoms with van der Waals surface area (Å²) in [5.74, 6) is -2.12. The summed E-state index contributed by atoms with van der Waals surface area (Å²) in [6, 6.07) is 51.0. The third-order valence-corrected chi connectivity index (χ3v) is 12.5. The van der Waals surface area contributed by atoms with E-state index in [2.05, 4.69) is 152 Å². The van der Waals surface area contributed by atoms with Gasteiger partial charge in [-0.1, -0.05) is 180 Å². The third-order valence-electron chi connectivity index (χ3n) is 12.5. The van der Waals surface area contributed by atoms with Gasteiger partial charge in [0.2, 0.25) is 0 Å². The predicted octanol–water partition coefficient (Wildman–Crippen LogP) is 9.07. The molecule has 10 aromatic rings. The summed E-state index contributed by atoms with van der Waals surface area (Å²) in [4.78, 5) is 38.3. The summed E-state index contributed by atoms with van der Waals surface area (Å²) in [5, 5.41) is 80.6. The number of carbonyl (C=O) groups excluding carboxylic acids is 2. The first-order valence-electron chi connectivity index (χ1n) is 26.6. The average molecular weight is 1270 g/mol. The number of fused-ring (bicyclic) bond motifs is 6. The molecule has 0 aliphatic carbocycles. The molecule has 18 heteroatoms. The van der Waals surface area contributed by atoms with Crippen LogP contribution in [0.5, 0.6) is 11.5 Å². The van der Waals surface area contributed by atoms with Crippen LogP contribution in [0.1, 0.15) is 126 Å². The number of carbonyl (C=O) groups is 2. The number of carboxylic acid groups (broad SMARTS) is 2. The van der Waals surface area contributed by atoms with Gasteiger partial charge in [-0.05, 0) is 104 Å². The van der Waals surface area contributed by atoms with Crippen LogP contribution in [0.15, 0.2) is 195 Å². The number of nitrogens with zero attached hydrogens (tertiary/aromatic N) is 4. The van der Waals surface area contributed by atoms with Gasteiger partial charge in [0.15, 0.2) is 0 Å². The van der Waals surface area contributed by atoms with Crippen LogP contribution < -0.4 is 31.2 Å².